The fraction of sp³-hybridized carbons (Fsp3) is 0. The molecule has 0 atom stereocenters. The molecule has 0 heterocycles. The van der Waals surface area contributed by atoms with Gasteiger partial charge in [-0.15, -0.1) is 0 Å². The van der Waals surface area contributed by atoms with Gasteiger partial charge in [0.1, 0.15) is 0 Å². The van der Waals surface area contributed by atoms with Crippen LogP contribution in [0.5, 0.6) is 0 Å². The van der Waals surface area contributed by atoms with Gasteiger partial charge in [0.25, 0.3) is 0 Å². The Morgan fingerprint density at radius 2 is 0.700 bits per heavy atom. The van der Waals surface area contributed by atoms with Crippen LogP contribution in [0.4, 0.5) is 0 Å². The molecule has 0 radical (unpaired) electrons. The Kier molecular flexibility index (Phi) is 809. The van der Waals surface area contributed by atoms with Crippen LogP contribution in [-0.2, 0) is 9.59 Å². The van der Waals surface area contributed by atoms with Crippen molar-refractivity contribution in [2.24, 2.45) is 9.98 Å². The molecule has 0 amide bonds. The number of nitrogens with zero attached hydrogens (tertiary/aromatic N) is 2. The van der Waals surface area contributed by atoms with Crippen LogP contribution in [0.1, 0.15) is 0 Å². The Morgan fingerprint density at radius 1 is 0.650 bits per heavy atom. The Hall–Kier alpha value is 4.77. The number of carbonyl (C=O) groups excluding carboxylic acids is 2. The van der Waals surface area contributed by atoms with Gasteiger partial charge < -0.3 is 54.4 Å². The van der Waals surface area contributed by atoms with Crippen LogP contribution in [0.2, 0.25) is 0 Å². The molecule has 0 aliphatic rings. The second-order valence-electron chi connectivity index (χ2n) is 0.499. The molecule has 0 aromatic heterocycles. The Morgan fingerprint density at radius 3 is 0.700 bits per heavy atom. The van der Waals surface area contributed by atoms with E-state index in [-0.39, 0.29) is 216 Å². The molecule has 0 aromatic carbocycles. The van der Waals surface area contributed by atoms with E-state index in [9.17, 15) is 0 Å². The van der Waals surface area contributed by atoms with Crippen LogP contribution in [0, 0.1) is 238 Å². The fourth-order valence-corrected chi connectivity index (χ4v) is 0. The van der Waals surface area contributed by atoms with Crippen molar-refractivity contribution in [2.75, 3.05) is 0 Å². The Labute approximate surface area is 268 Å². The third-order valence-electron chi connectivity index (χ3n) is 0.129. The summed E-state index contributed by atoms with van der Waals surface area (Å²) in [4.78, 5) is 23.0. The molecule has 0 aliphatic heterocycles. The van der Waals surface area contributed by atoms with Gasteiger partial charge in [-0.25, -0.2) is 7.11 Å². The SMILES string of the molecule is [CH2-]N=C=O.[CH2-]N=C=O.[CH2-]O.[CH3-].[CH3-].[CH3-].[CH3-].[U+2].[U].[U].[U].[U].[U]. The van der Waals surface area contributed by atoms with E-state index in [4.69, 9.17) is 14.7 Å². The molecule has 1 N–H and O–H groups in total. The molecule has 11 heteroatoms. The summed E-state index contributed by atoms with van der Waals surface area (Å²) < 4.78 is 0. The third kappa shape index (κ3) is 235. The quantitative estimate of drug-likeness (QED) is 0.230. The van der Waals surface area contributed by atoms with Crippen LogP contribution in [0.25, 0.3) is 0 Å². The second-order valence-corrected chi connectivity index (χ2v) is 0.499. The summed E-state index contributed by atoms with van der Waals surface area (Å²) in [5.41, 5.74) is 0. The molecular weight excluding hydrogens is 1610 g/mol. The van der Waals surface area contributed by atoms with Gasteiger partial charge >= 0.3 is 31.1 Å². The van der Waals surface area contributed by atoms with E-state index in [0.29, 0.717) is 0 Å². The van der Waals surface area contributed by atoms with Gasteiger partial charge in [0.2, 0.25) is 0 Å². The van der Waals surface area contributed by atoms with Gasteiger partial charge in [0, 0.05) is 156 Å². The summed E-state index contributed by atoms with van der Waals surface area (Å²) in [5, 5.41) is 6.75. The molecule has 0 spiro atoms. The zero-order chi connectivity index (χ0) is 8.83. The van der Waals surface area contributed by atoms with E-state index >= 15 is 0 Å². The van der Waals surface area contributed by atoms with Crippen LogP contribution >= 0.6 is 0 Å². The van der Waals surface area contributed by atoms with Gasteiger partial charge in [-0.05, 0) is 12.2 Å². The van der Waals surface area contributed by atoms with E-state index in [1.165, 1.54) is 12.2 Å². The Bertz CT molecular complexity index is 128. The number of aliphatic hydroxyl groups is 1. The minimum Gasteiger partial charge on any atom is -0.569 e. The molecule has 0 saturated heterocycles. The van der Waals surface area contributed by atoms with Gasteiger partial charge in [-0.2, -0.15) is 14.1 Å². The predicted octanol–water partition coefficient (Wildman–Crippen LogP) is 2.18. The van der Waals surface area contributed by atoms with E-state index in [0.717, 1.165) is 0 Å². The molecular formula is C9H19N2O3U6-5. The molecule has 0 rings (SSSR count). The number of isocyanates is 2. The van der Waals surface area contributed by atoms with E-state index in [1.54, 1.807) is 0 Å². The van der Waals surface area contributed by atoms with Crippen LogP contribution < -0.4 is 0 Å². The molecule has 5 nitrogen and oxygen atoms in total. The summed E-state index contributed by atoms with van der Waals surface area (Å²) in [6.45, 7) is 0. The van der Waals surface area contributed by atoms with Crippen LogP contribution in [-0.4, -0.2) is 17.3 Å². The van der Waals surface area contributed by atoms with Crippen molar-refractivity contribution in [2.45, 2.75) is 0 Å². The third-order valence-corrected chi connectivity index (χ3v) is 0.129. The summed E-state index contributed by atoms with van der Waals surface area (Å²) in [5.74, 6) is 0. The molecule has 112 valence electrons. The number of aliphatic hydroxyl groups excluding tert-OH is 1. The van der Waals surface area contributed by atoms with E-state index in [1.807, 2.05) is 0 Å². The van der Waals surface area contributed by atoms with Crippen LogP contribution in [0.3, 0.4) is 0 Å². The van der Waals surface area contributed by atoms with Crippen LogP contribution in [0.15, 0.2) is 9.98 Å². The van der Waals surface area contributed by atoms with Crippen molar-refractivity contribution < 1.29 is 201 Å². The van der Waals surface area contributed by atoms with Crippen molar-refractivity contribution >= 4 is 12.2 Å². The Balaban J connectivity index is -0.00000000274. The van der Waals surface area contributed by atoms with Crippen molar-refractivity contribution in [3.63, 3.8) is 0 Å². The smallest absolute Gasteiger partial charge is 0.569 e. The fourth-order valence-electron chi connectivity index (χ4n) is 0. The standard InChI is InChI=1S/2C2H2NO.CH3O.4CH3.6U/c2*1-3-2-4;1-2;;;;;;;;;;/h2*1H2;2H,1H2;4*1H3;;;;;;/q7*-1;;;;;;+2. The topological polar surface area (TPSA) is 79.1 Å². The summed E-state index contributed by atoms with van der Waals surface area (Å²) in [6, 6.07) is 0. The predicted molar refractivity (Wildman–Crippen MR) is 59.9 cm³/mol. The first kappa shape index (κ1) is 101. The number of hydrogen-bond donors (Lipinski definition) is 1. The van der Waals surface area contributed by atoms with Gasteiger partial charge in [0.05, 0.1) is 0 Å². The maximum Gasteiger partial charge on any atom is 2.00 e. The zero-order valence-corrected chi connectivity index (χ0v) is 37.3. The number of hydrogen-bond acceptors (Lipinski definition) is 5. The normalized spacial score (nSPS) is 1.90. The first-order chi connectivity index (χ1) is 4.83. The average Bonchev–Trinajstić information content (AvgIpc) is 2.08. The monoisotopic (exact) mass is 1630 g/mol. The maximum absolute atomic E-state index is 8.82. The molecule has 0 aliphatic carbocycles. The van der Waals surface area contributed by atoms with E-state index < -0.39 is 0 Å². The number of aliphatic imine (C=N–C) groups is 2. The molecule has 20 heavy (non-hydrogen) atoms. The van der Waals surface area contributed by atoms with Gasteiger partial charge in [-0.3, -0.25) is 0 Å². The zero-order valence-electron chi connectivity index (χ0n) is 12.3. The maximum atomic E-state index is 8.82. The van der Waals surface area contributed by atoms with Crippen molar-refractivity contribution in [3.05, 3.63) is 50.9 Å². The first-order valence-corrected chi connectivity index (χ1v) is 1.80. The second kappa shape index (κ2) is 160. The van der Waals surface area contributed by atoms with Crippen molar-refractivity contribution in [3.8, 4) is 0 Å². The van der Waals surface area contributed by atoms with Gasteiger partial charge in [-0.1, -0.05) is 0 Å². The van der Waals surface area contributed by atoms with Crippen molar-refractivity contribution in [1.29, 1.82) is 0 Å². The first-order valence-electron chi connectivity index (χ1n) is 1.80. The van der Waals surface area contributed by atoms with Crippen molar-refractivity contribution in [1.82, 2.24) is 0 Å². The largest absolute Gasteiger partial charge is 2.00 e. The molecule has 0 bridgehead atoms. The molecule has 0 fully saturated rings. The van der Waals surface area contributed by atoms with E-state index in [2.05, 4.69) is 31.2 Å². The molecule has 0 aromatic rings. The average molecular weight is 1630 g/mol. The minimum atomic E-state index is 0. The summed E-state index contributed by atoms with van der Waals surface area (Å²) in [7, 11) is 7.86. The molecule has 0 unspecified atom stereocenters. The number of rotatable bonds is 0. The minimum absolute atomic E-state index is 0. The van der Waals surface area contributed by atoms with Gasteiger partial charge in [0.15, 0.2) is 0 Å². The summed E-state index contributed by atoms with van der Waals surface area (Å²) >= 11 is 0. The summed E-state index contributed by atoms with van der Waals surface area (Å²) in [6.07, 6.45) is 2.39. The molecule has 0 saturated carbocycles.